The van der Waals surface area contributed by atoms with Gasteiger partial charge in [0.1, 0.15) is 0 Å². The molecule has 18 heavy (non-hydrogen) atoms. The molecule has 0 saturated heterocycles. The van der Waals surface area contributed by atoms with Gasteiger partial charge >= 0.3 is 0 Å². The van der Waals surface area contributed by atoms with Gasteiger partial charge in [-0.25, -0.2) is 13.4 Å². The first-order valence-corrected chi connectivity index (χ1v) is 7.04. The second kappa shape index (κ2) is 5.92. The fraction of sp³-hybridized carbons (Fsp3) is 0.273. The van der Waals surface area contributed by atoms with Gasteiger partial charge in [-0.2, -0.15) is 0 Å². The van der Waals surface area contributed by atoms with Gasteiger partial charge in [0.05, 0.1) is 11.2 Å². The van der Waals surface area contributed by atoms with Crippen molar-refractivity contribution in [2.24, 2.45) is 4.99 Å². The average Bonchev–Trinajstić information content (AvgIpc) is 2.26. The van der Waals surface area contributed by atoms with E-state index in [1.807, 2.05) is 6.92 Å². The van der Waals surface area contributed by atoms with Gasteiger partial charge in [-0.1, -0.05) is 17.7 Å². The van der Waals surface area contributed by atoms with Crippen LogP contribution in [0.25, 0.3) is 0 Å². The van der Waals surface area contributed by atoms with Crippen LogP contribution in [0.2, 0.25) is 0 Å². The average molecular weight is 285 g/mol. The summed E-state index contributed by atoms with van der Waals surface area (Å²) in [7, 11) is -0.119. The number of aliphatic imine (C=N–C) groups is 1. The lowest BCUT2D eigenvalue weighted by Gasteiger charge is -2.07. The summed E-state index contributed by atoms with van der Waals surface area (Å²) in [4.78, 5) is 5.62. The van der Waals surface area contributed by atoms with Crippen molar-refractivity contribution in [3.05, 3.63) is 29.8 Å². The minimum absolute atomic E-state index is 0.0933. The third-order valence-corrected chi connectivity index (χ3v) is 3.65. The van der Waals surface area contributed by atoms with E-state index in [4.69, 9.17) is 12.2 Å². The molecule has 0 aliphatic heterocycles. The van der Waals surface area contributed by atoms with E-state index in [1.165, 1.54) is 18.5 Å². The number of nitrogens with one attached hydrogen (secondary N) is 1. The number of rotatable bonds is 3. The summed E-state index contributed by atoms with van der Waals surface area (Å²) >= 11 is 4.83. The molecule has 0 saturated carbocycles. The van der Waals surface area contributed by atoms with Crippen LogP contribution in [0.3, 0.4) is 0 Å². The largest absolute Gasteiger partial charge is 0.369 e. The molecule has 0 atom stereocenters. The molecule has 0 fully saturated rings. The molecule has 0 radical (unpaired) electrons. The molecule has 0 aromatic heterocycles. The van der Waals surface area contributed by atoms with Gasteiger partial charge < -0.3 is 4.90 Å². The molecule has 0 aliphatic carbocycles. The van der Waals surface area contributed by atoms with Crippen molar-refractivity contribution in [2.45, 2.75) is 11.8 Å². The first-order chi connectivity index (χ1) is 8.31. The Hall–Kier alpha value is -1.47. The van der Waals surface area contributed by atoms with E-state index in [1.54, 1.807) is 31.1 Å². The molecule has 0 unspecified atom stereocenters. The molecule has 5 nitrogen and oxygen atoms in total. The van der Waals surface area contributed by atoms with E-state index in [0.717, 1.165) is 5.56 Å². The van der Waals surface area contributed by atoms with Crippen molar-refractivity contribution in [1.82, 2.24) is 9.62 Å². The topological polar surface area (TPSA) is 61.8 Å². The van der Waals surface area contributed by atoms with Crippen molar-refractivity contribution >= 4 is 33.7 Å². The Morgan fingerprint density at radius 2 is 1.89 bits per heavy atom. The van der Waals surface area contributed by atoms with Crippen LogP contribution in [0.5, 0.6) is 0 Å². The second-order valence-corrected chi connectivity index (χ2v) is 6.00. The quantitative estimate of drug-likeness (QED) is 0.514. The predicted octanol–water partition coefficient (Wildman–Crippen LogP) is 1.15. The molecule has 0 bridgehead atoms. The smallest absolute Gasteiger partial charge is 0.263 e. The molecule has 1 aromatic carbocycles. The minimum atomic E-state index is -3.65. The highest BCUT2D eigenvalue weighted by Gasteiger charge is 2.14. The fourth-order valence-electron chi connectivity index (χ4n) is 1.09. The maximum Gasteiger partial charge on any atom is 0.263 e. The molecule has 1 rings (SSSR count). The van der Waals surface area contributed by atoms with Crippen LogP contribution in [-0.2, 0) is 10.0 Å². The molecule has 1 N–H and O–H groups in total. The van der Waals surface area contributed by atoms with Crippen molar-refractivity contribution in [3.8, 4) is 0 Å². The zero-order chi connectivity index (χ0) is 13.8. The third-order valence-electron chi connectivity index (χ3n) is 1.96. The Labute approximate surface area is 113 Å². The third kappa shape index (κ3) is 4.42. The van der Waals surface area contributed by atoms with Crippen LogP contribution < -0.4 is 4.72 Å². The Kier molecular flexibility index (Phi) is 4.80. The summed E-state index contributed by atoms with van der Waals surface area (Å²) in [6.45, 7) is 1.88. The van der Waals surface area contributed by atoms with E-state index in [2.05, 4.69) is 9.71 Å². The van der Waals surface area contributed by atoms with Gasteiger partial charge in [0.2, 0.25) is 5.11 Å². The highest BCUT2D eigenvalue weighted by atomic mass is 32.2. The maximum absolute atomic E-state index is 11.9. The Morgan fingerprint density at radius 3 is 2.39 bits per heavy atom. The van der Waals surface area contributed by atoms with Gasteiger partial charge in [-0.15, -0.1) is 0 Å². The number of benzene rings is 1. The van der Waals surface area contributed by atoms with E-state index < -0.39 is 10.0 Å². The zero-order valence-corrected chi connectivity index (χ0v) is 12.0. The Balaban J connectivity index is 2.83. The zero-order valence-electron chi connectivity index (χ0n) is 10.4. The maximum atomic E-state index is 11.9. The first kappa shape index (κ1) is 14.6. The lowest BCUT2D eigenvalue weighted by Crippen LogP contribution is -2.28. The number of thiocarbonyl (C=S) groups is 1. The minimum Gasteiger partial charge on any atom is -0.369 e. The fourth-order valence-corrected chi connectivity index (χ4v) is 2.36. The normalized spacial score (nSPS) is 11.5. The van der Waals surface area contributed by atoms with Gasteiger partial charge in [0.25, 0.3) is 10.0 Å². The molecule has 0 aliphatic rings. The molecular formula is C11H15N3O2S2. The Bertz CT molecular complexity index is 548. The standard InChI is InChI=1S/C11H15N3O2S2/c1-9-4-6-10(7-5-9)18(15,16)13-11(17)12-8-14(2)3/h4-8H,1-3H3,(H,13,17)/b12-8+. The van der Waals surface area contributed by atoms with Gasteiger partial charge in [0.15, 0.2) is 0 Å². The lowest BCUT2D eigenvalue weighted by molar-refractivity contribution is 0.592. The summed E-state index contributed by atoms with van der Waals surface area (Å²) in [5, 5.41) is -0.0933. The second-order valence-electron chi connectivity index (χ2n) is 3.93. The van der Waals surface area contributed by atoms with Crippen molar-refractivity contribution in [2.75, 3.05) is 14.1 Å². The van der Waals surface area contributed by atoms with Crippen LogP contribution in [0.15, 0.2) is 34.2 Å². The number of nitrogens with zero attached hydrogens (tertiary/aromatic N) is 2. The van der Waals surface area contributed by atoms with E-state index in [-0.39, 0.29) is 10.0 Å². The van der Waals surface area contributed by atoms with Crippen LogP contribution in [-0.4, -0.2) is 38.9 Å². The summed E-state index contributed by atoms with van der Waals surface area (Å²) < 4.78 is 26.1. The molecule has 1 aromatic rings. The lowest BCUT2D eigenvalue weighted by atomic mass is 10.2. The first-order valence-electron chi connectivity index (χ1n) is 5.15. The summed E-state index contributed by atoms with van der Waals surface area (Å²) in [6.07, 6.45) is 1.43. The number of hydrogen-bond donors (Lipinski definition) is 1. The number of sulfonamides is 1. The molecule has 0 amide bonds. The Morgan fingerprint density at radius 1 is 1.33 bits per heavy atom. The molecule has 98 valence electrons. The van der Waals surface area contributed by atoms with Crippen LogP contribution >= 0.6 is 12.2 Å². The van der Waals surface area contributed by atoms with Gasteiger partial charge in [-0.05, 0) is 31.3 Å². The van der Waals surface area contributed by atoms with Gasteiger partial charge in [-0.3, -0.25) is 4.72 Å². The number of aryl methyl sites for hydroxylation is 1. The number of hydrogen-bond acceptors (Lipinski definition) is 3. The van der Waals surface area contributed by atoms with Crippen LogP contribution in [0.4, 0.5) is 0 Å². The molecule has 7 heteroatoms. The van der Waals surface area contributed by atoms with Crippen LogP contribution in [0.1, 0.15) is 5.56 Å². The SMILES string of the molecule is Cc1ccc(S(=O)(=O)NC(=S)/N=C/N(C)C)cc1. The van der Waals surface area contributed by atoms with E-state index >= 15 is 0 Å². The van der Waals surface area contributed by atoms with Crippen molar-refractivity contribution < 1.29 is 8.42 Å². The van der Waals surface area contributed by atoms with Crippen molar-refractivity contribution in [1.29, 1.82) is 0 Å². The molecule has 0 heterocycles. The van der Waals surface area contributed by atoms with E-state index in [0.29, 0.717) is 0 Å². The monoisotopic (exact) mass is 285 g/mol. The molecule has 0 spiro atoms. The highest BCUT2D eigenvalue weighted by Crippen LogP contribution is 2.09. The molecular weight excluding hydrogens is 270 g/mol. The summed E-state index contributed by atoms with van der Waals surface area (Å²) in [5.74, 6) is 0. The van der Waals surface area contributed by atoms with Crippen LogP contribution in [0, 0.1) is 6.92 Å². The summed E-state index contributed by atoms with van der Waals surface area (Å²) in [5.41, 5.74) is 0.988. The predicted molar refractivity (Wildman–Crippen MR) is 76.3 cm³/mol. The highest BCUT2D eigenvalue weighted by molar-refractivity contribution is 7.91. The van der Waals surface area contributed by atoms with E-state index in [9.17, 15) is 8.42 Å². The van der Waals surface area contributed by atoms with Gasteiger partial charge in [0, 0.05) is 14.1 Å². The van der Waals surface area contributed by atoms with Crippen molar-refractivity contribution in [3.63, 3.8) is 0 Å². The summed E-state index contributed by atoms with van der Waals surface area (Å²) in [6, 6.07) is 6.49.